The number of aliphatic hydroxyl groups is 1. The van der Waals surface area contributed by atoms with Gasteiger partial charge in [-0.1, -0.05) is 11.6 Å². The summed E-state index contributed by atoms with van der Waals surface area (Å²) in [6.07, 6.45) is 2.39. The Balaban J connectivity index is 2.27. The molecule has 0 spiro atoms. The van der Waals surface area contributed by atoms with Gasteiger partial charge < -0.3 is 10.8 Å². The summed E-state index contributed by atoms with van der Waals surface area (Å²) in [4.78, 5) is 5.96. The van der Waals surface area contributed by atoms with Crippen molar-refractivity contribution in [1.82, 2.24) is 4.98 Å². The second kappa shape index (κ2) is 7.78. The average molecular weight is 340 g/mol. The Hall–Kier alpha value is -1.10. The van der Waals surface area contributed by atoms with Crippen molar-refractivity contribution in [3.8, 4) is 6.07 Å². The van der Waals surface area contributed by atoms with Gasteiger partial charge in [0.05, 0.1) is 17.7 Å². The van der Waals surface area contributed by atoms with Crippen molar-refractivity contribution in [2.24, 2.45) is 5.73 Å². The number of benzene rings is 1. The predicted octanol–water partition coefficient (Wildman–Crippen LogP) is 3.21. The lowest BCUT2D eigenvalue weighted by Crippen LogP contribution is -2.25. The van der Waals surface area contributed by atoms with Crippen molar-refractivity contribution < 1.29 is 5.11 Å². The molecule has 0 aliphatic carbocycles. The topological polar surface area (TPSA) is 82.9 Å². The van der Waals surface area contributed by atoms with E-state index in [1.807, 2.05) is 0 Å². The third kappa shape index (κ3) is 4.43. The molecule has 3 N–H and O–H groups in total. The molecule has 0 bridgehead atoms. The van der Waals surface area contributed by atoms with E-state index >= 15 is 0 Å². The second-order valence-corrected chi connectivity index (χ2v) is 7.04. The quantitative estimate of drug-likeness (QED) is 0.789. The molecule has 7 heteroatoms. The largest absolute Gasteiger partial charge is 0.395 e. The van der Waals surface area contributed by atoms with Crippen molar-refractivity contribution >= 4 is 34.7 Å². The van der Waals surface area contributed by atoms with Gasteiger partial charge in [-0.05, 0) is 24.6 Å². The summed E-state index contributed by atoms with van der Waals surface area (Å²) >= 11 is 9.08. The fourth-order valence-corrected chi connectivity index (χ4v) is 4.22. The minimum absolute atomic E-state index is 0.0326. The highest BCUT2D eigenvalue weighted by molar-refractivity contribution is 7.99. The van der Waals surface area contributed by atoms with Crippen molar-refractivity contribution in [2.75, 3.05) is 6.61 Å². The summed E-state index contributed by atoms with van der Waals surface area (Å²) in [7, 11) is 0. The molecule has 2 rings (SSSR count). The molecule has 0 radical (unpaired) electrons. The molecule has 21 heavy (non-hydrogen) atoms. The highest BCUT2D eigenvalue weighted by atomic mass is 35.5. The first kappa shape index (κ1) is 16.3. The number of nitrogens with two attached hydrogens (primary N) is 1. The first-order valence-electron chi connectivity index (χ1n) is 6.25. The number of aromatic nitrogens is 1. The van der Waals surface area contributed by atoms with Gasteiger partial charge in [0.25, 0.3) is 0 Å². The van der Waals surface area contributed by atoms with Crippen LogP contribution in [0.4, 0.5) is 0 Å². The molecule has 110 valence electrons. The Bertz CT molecular complexity index is 628. The molecule has 2 atom stereocenters. The number of nitriles is 1. The van der Waals surface area contributed by atoms with Gasteiger partial charge in [-0.25, -0.2) is 0 Å². The average Bonchev–Trinajstić information content (AvgIpc) is 3.01. The fourth-order valence-electron chi connectivity index (χ4n) is 1.80. The number of hydrogen-bond donors (Lipinski definition) is 2. The lowest BCUT2D eigenvalue weighted by atomic mass is 10.1. The van der Waals surface area contributed by atoms with Crippen LogP contribution in [-0.4, -0.2) is 22.7 Å². The Morgan fingerprint density at radius 2 is 2.33 bits per heavy atom. The van der Waals surface area contributed by atoms with Crippen LogP contribution in [0.15, 0.2) is 34.8 Å². The Labute approximate surface area is 136 Å². The molecule has 1 aromatic heterocycles. The summed E-state index contributed by atoms with van der Waals surface area (Å²) in [6, 6.07) is 7.05. The highest BCUT2D eigenvalue weighted by Gasteiger charge is 2.20. The Kier molecular flexibility index (Phi) is 6.03. The van der Waals surface area contributed by atoms with Crippen LogP contribution in [-0.2, 0) is 0 Å². The minimum atomic E-state index is -0.311. The predicted molar refractivity (Wildman–Crippen MR) is 86.6 cm³/mol. The standard InChI is InChI=1S/C14H14ClN3OS2/c15-10-2-1-9(5-16)12(3-10)21-13(4-11(17)7-19)14-6-18-8-20-14/h1-3,6,8,11,13,19H,4,7,17H2/t11-,13?/m0/s1. The van der Waals surface area contributed by atoms with Gasteiger partial charge in [0, 0.05) is 32.3 Å². The van der Waals surface area contributed by atoms with Crippen molar-refractivity contribution in [3.05, 3.63) is 45.4 Å². The summed E-state index contributed by atoms with van der Waals surface area (Å²) < 4.78 is 0. The van der Waals surface area contributed by atoms with Crippen molar-refractivity contribution in [2.45, 2.75) is 22.6 Å². The maximum atomic E-state index is 9.20. The normalized spacial score (nSPS) is 13.6. The maximum absolute atomic E-state index is 9.20. The van der Waals surface area contributed by atoms with E-state index < -0.39 is 0 Å². The van der Waals surface area contributed by atoms with E-state index in [1.54, 1.807) is 29.9 Å². The summed E-state index contributed by atoms with van der Waals surface area (Å²) in [5, 5.41) is 19.0. The second-order valence-electron chi connectivity index (χ2n) is 4.44. The zero-order valence-electron chi connectivity index (χ0n) is 11.1. The monoisotopic (exact) mass is 339 g/mol. The van der Waals surface area contributed by atoms with E-state index in [9.17, 15) is 10.4 Å². The lowest BCUT2D eigenvalue weighted by Gasteiger charge is -2.18. The molecular weight excluding hydrogens is 326 g/mol. The molecular formula is C14H14ClN3OS2. The molecule has 0 fully saturated rings. The van der Waals surface area contributed by atoms with Crippen LogP contribution in [0.1, 0.15) is 22.1 Å². The number of hydrogen-bond acceptors (Lipinski definition) is 6. The number of aliphatic hydroxyl groups excluding tert-OH is 1. The third-order valence-corrected chi connectivity index (χ3v) is 5.45. The van der Waals surface area contributed by atoms with Gasteiger partial charge in [-0.2, -0.15) is 5.26 Å². The summed E-state index contributed by atoms with van der Waals surface area (Å²) in [5.41, 5.74) is 8.20. The SMILES string of the molecule is N#Cc1ccc(Cl)cc1SC(C[C@H](N)CO)c1cncs1. The molecule has 1 aromatic carbocycles. The van der Waals surface area contributed by atoms with Gasteiger partial charge >= 0.3 is 0 Å². The first-order chi connectivity index (χ1) is 10.1. The maximum Gasteiger partial charge on any atom is 0.100 e. The number of thioether (sulfide) groups is 1. The van der Waals surface area contributed by atoms with E-state index in [2.05, 4.69) is 11.1 Å². The number of halogens is 1. The van der Waals surface area contributed by atoms with E-state index in [0.29, 0.717) is 17.0 Å². The van der Waals surface area contributed by atoms with Crippen LogP contribution in [0.3, 0.4) is 0 Å². The smallest absolute Gasteiger partial charge is 0.100 e. The highest BCUT2D eigenvalue weighted by Crippen LogP contribution is 2.41. The van der Waals surface area contributed by atoms with Gasteiger partial charge in [0.15, 0.2) is 0 Å². The zero-order valence-corrected chi connectivity index (χ0v) is 13.5. The van der Waals surface area contributed by atoms with E-state index in [-0.39, 0.29) is 17.9 Å². The van der Waals surface area contributed by atoms with Crippen LogP contribution >= 0.6 is 34.7 Å². The molecule has 0 saturated heterocycles. The van der Waals surface area contributed by atoms with Crippen molar-refractivity contribution in [1.29, 1.82) is 5.26 Å². The van der Waals surface area contributed by atoms with Crippen LogP contribution in [0.2, 0.25) is 5.02 Å². The fraction of sp³-hybridized carbons (Fsp3) is 0.286. The van der Waals surface area contributed by atoms with Gasteiger partial charge in [0.2, 0.25) is 0 Å². The Morgan fingerprint density at radius 3 is 2.95 bits per heavy atom. The van der Waals surface area contributed by atoms with Crippen LogP contribution in [0, 0.1) is 11.3 Å². The minimum Gasteiger partial charge on any atom is -0.395 e. The van der Waals surface area contributed by atoms with Crippen LogP contribution < -0.4 is 5.73 Å². The van der Waals surface area contributed by atoms with Gasteiger partial charge in [-0.15, -0.1) is 23.1 Å². The molecule has 1 heterocycles. The number of rotatable bonds is 6. The van der Waals surface area contributed by atoms with E-state index in [0.717, 1.165) is 9.77 Å². The first-order valence-corrected chi connectivity index (χ1v) is 8.39. The lowest BCUT2D eigenvalue weighted by molar-refractivity contribution is 0.260. The molecule has 0 saturated carbocycles. The molecule has 4 nitrogen and oxygen atoms in total. The zero-order chi connectivity index (χ0) is 15.2. The van der Waals surface area contributed by atoms with Gasteiger partial charge in [0.1, 0.15) is 6.07 Å². The van der Waals surface area contributed by atoms with Crippen molar-refractivity contribution in [3.63, 3.8) is 0 Å². The molecule has 0 amide bonds. The molecule has 2 aromatic rings. The Morgan fingerprint density at radius 1 is 1.52 bits per heavy atom. The summed E-state index contributed by atoms with van der Waals surface area (Å²) in [6.45, 7) is -0.0729. The van der Waals surface area contributed by atoms with E-state index in [1.165, 1.54) is 23.1 Å². The number of nitrogens with zero attached hydrogens (tertiary/aromatic N) is 2. The molecule has 0 aliphatic rings. The number of thiazole rings is 1. The van der Waals surface area contributed by atoms with Crippen LogP contribution in [0.25, 0.3) is 0 Å². The van der Waals surface area contributed by atoms with Crippen LogP contribution in [0.5, 0.6) is 0 Å². The molecule has 0 aliphatic heterocycles. The van der Waals surface area contributed by atoms with Gasteiger partial charge in [-0.3, -0.25) is 4.98 Å². The third-order valence-electron chi connectivity index (χ3n) is 2.85. The van der Waals surface area contributed by atoms with E-state index in [4.69, 9.17) is 17.3 Å². The molecule has 1 unspecified atom stereocenters. The summed E-state index contributed by atoms with van der Waals surface area (Å²) in [5.74, 6) is 0.